The molecule has 4 nitrogen and oxygen atoms in total. The fourth-order valence-corrected chi connectivity index (χ4v) is 3.18. The van der Waals surface area contributed by atoms with E-state index in [0.717, 1.165) is 34.1 Å². The highest BCUT2D eigenvalue weighted by atomic mass is 16.5. The van der Waals surface area contributed by atoms with E-state index >= 15 is 0 Å². The predicted octanol–water partition coefficient (Wildman–Crippen LogP) is 4.80. The summed E-state index contributed by atoms with van der Waals surface area (Å²) in [5.74, 6) is 1.40. The molecule has 0 radical (unpaired) electrons. The molecule has 0 saturated carbocycles. The number of hydrogen-bond donors (Lipinski definition) is 1. The van der Waals surface area contributed by atoms with Gasteiger partial charge in [-0.2, -0.15) is 0 Å². The maximum atomic E-state index is 12.4. The first-order chi connectivity index (χ1) is 13.1. The van der Waals surface area contributed by atoms with Gasteiger partial charge in [0.1, 0.15) is 11.5 Å². The largest absolute Gasteiger partial charge is 0.496 e. The van der Waals surface area contributed by atoms with Crippen molar-refractivity contribution in [1.29, 1.82) is 0 Å². The molecule has 3 aromatic rings. The molecular formula is C23H25NO3. The second-order valence-corrected chi connectivity index (χ2v) is 6.56. The van der Waals surface area contributed by atoms with Crippen molar-refractivity contribution in [2.45, 2.75) is 26.3 Å². The summed E-state index contributed by atoms with van der Waals surface area (Å²) in [6, 6.07) is 19.8. The molecule has 3 aromatic carbocycles. The summed E-state index contributed by atoms with van der Waals surface area (Å²) in [6.45, 7) is 4.04. The Labute approximate surface area is 160 Å². The van der Waals surface area contributed by atoms with Gasteiger partial charge < -0.3 is 14.8 Å². The first-order valence-corrected chi connectivity index (χ1v) is 9.16. The second-order valence-electron chi connectivity index (χ2n) is 6.56. The van der Waals surface area contributed by atoms with E-state index in [-0.39, 0.29) is 18.6 Å². The molecule has 0 spiro atoms. The van der Waals surface area contributed by atoms with Crippen molar-refractivity contribution >= 4 is 16.7 Å². The summed E-state index contributed by atoms with van der Waals surface area (Å²) in [6.07, 6.45) is 0.799. The van der Waals surface area contributed by atoms with Crippen molar-refractivity contribution in [3.8, 4) is 11.5 Å². The smallest absolute Gasteiger partial charge is 0.258 e. The Kier molecular flexibility index (Phi) is 5.97. The van der Waals surface area contributed by atoms with Gasteiger partial charge in [0.15, 0.2) is 6.61 Å². The van der Waals surface area contributed by atoms with Gasteiger partial charge in [-0.05, 0) is 53.4 Å². The highest BCUT2D eigenvalue weighted by Gasteiger charge is 2.14. The van der Waals surface area contributed by atoms with E-state index in [1.165, 1.54) is 0 Å². The Hall–Kier alpha value is -3.01. The van der Waals surface area contributed by atoms with Gasteiger partial charge in [0.05, 0.1) is 13.2 Å². The maximum Gasteiger partial charge on any atom is 0.258 e. The maximum absolute atomic E-state index is 12.4. The van der Waals surface area contributed by atoms with Crippen LogP contribution in [-0.4, -0.2) is 19.6 Å². The van der Waals surface area contributed by atoms with Crippen LogP contribution in [0, 0.1) is 6.92 Å². The Morgan fingerprint density at radius 2 is 1.81 bits per heavy atom. The Bertz CT molecular complexity index is 936. The Morgan fingerprint density at radius 1 is 1.04 bits per heavy atom. The number of hydrogen-bond acceptors (Lipinski definition) is 3. The minimum absolute atomic E-state index is 0.00994. The van der Waals surface area contributed by atoms with Crippen LogP contribution < -0.4 is 14.8 Å². The fraction of sp³-hybridized carbons (Fsp3) is 0.261. The summed E-state index contributed by atoms with van der Waals surface area (Å²) in [4.78, 5) is 12.4. The standard InChI is InChI=1S/C23H25NO3/c1-4-21(19-10-12-22(26-3)16(2)13-19)24-23(25)15-27-20-11-9-17-7-5-6-8-18(17)14-20/h5-14,21H,4,15H2,1-3H3,(H,24,25)/t21-/m1/s1. The number of fused-ring (bicyclic) bond motifs is 1. The van der Waals surface area contributed by atoms with E-state index in [2.05, 4.69) is 24.4 Å². The minimum Gasteiger partial charge on any atom is -0.496 e. The van der Waals surface area contributed by atoms with Crippen LogP contribution in [0.5, 0.6) is 11.5 Å². The molecule has 0 bridgehead atoms. The molecule has 0 aromatic heterocycles. The number of aryl methyl sites for hydroxylation is 1. The van der Waals surface area contributed by atoms with Crippen LogP contribution in [0.2, 0.25) is 0 Å². The van der Waals surface area contributed by atoms with E-state index in [9.17, 15) is 4.79 Å². The van der Waals surface area contributed by atoms with Crippen LogP contribution in [-0.2, 0) is 4.79 Å². The lowest BCUT2D eigenvalue weighted by atomic mass is 10.0. The molecule has 27 heavy (non-hydrogen) atoms. The van der Waals surface area contributed by atoms with E-state index in [1.807, 2.05) is 55.5 Å². The molecule has 0 fully saturated rings. The molecule has 1 N–H and O–H groups in total. The number of nitrogens with one attached hydrogen (secondary N) is 1. The van der Waals surface area contributed by atoms with Crippen LogP contribution >= 0.6 is 0 Å². The fourth-order valence-electron chi connectivity index (χ4n) is 3.18. The normalized spacial score (nSPS) is 11.8. The topological polar surface area (TPSA) is 47.6 Å². The van der Waals surface area contributed by atoms with Gasteiger partial charge >= 0.3 is 0 Å². The van der Waals surface area contributed by atoms with Crippen molar-refractivity contribution in [2.24, 2.45) is 0 Å². The van der Waals surface area contributed by atoms with Gasteiger partial charge in [-0.15, -0.1) is 0 Å². The van der Waals surface area contributed by atoms with Gasteiger partial charge in [0.25, 0.3) is 5.91 Å². The molecule has 1 atom stereocenters. The lowest BCUT2D eigenvalue weighted by Gasteiger charge is -2.19. The number of rotatable bonds is 7. The molecule has 0 unspecified atom stereocenters. The van der Waals surface area contributed by atoms with E-state index in [1.54, 1.807) is 7.11 Å². The molecule has 0 saturated heterocycles. The number of benzene rings is 3. The molecule has 4 heteroatoms. The molecule has 3 rings (SSSR count). The average molecular weight is 363 g/mol. The van der Waals surface area contributed by atoms with Crippen molar-refractivity contribution in [3.63, 3.8) is 0 Å². The highest BCUT2D eigenvalue weighted by Crippen LogP contribution is 2.24. The zero-order chi connectivity index (χ0) is 19.2. The van der Waals surface area contributed by atoms with Gasteiger partial charge in [-0.1, -0.05) is 49.4 Å². The van der Waals surface area contributed by atoms with Crippen molar-refractivity contribution < 1.29 is 14.3 Å². The van der Waals surface area contributed by atoms with E-state index in [0.29, 0.717) is 5.75 Å². The van der Waals surface area contributed by atoms with Crippen LogP contribution in [0.1, 0.15) is 30.5 Å². The monoisotopic (exact) mass is 363 g/mol. The average Bonchev–Trinajstić information content (AvgIpc) is 2.70. The van der Waals surface area contributed by atoms with Crippen molar-refractivity contribution in [3.05, 3.63) is 71.8 Å². The quantitative estimate of drug-likeness (QED) is 0.656. The minimum atomic E-state index is -0.136. The van der Waals surface area contributed by atoms with Gasteiger partial charge in [-0.3, -0.25) is 4.79 Å². The Morgan fingerprint density at radius 3 is 2.52 bits per heavy atom. The molecular weight excluding hydrogens is 338 g/mol. The number of amides is 1. The summed E-state index contributed by atoms with van der Waals surface area (Å²) in [7, 11) is 1.66. The number of carbonyl (C=O) groups excluding carboxylic acids is 1. The zero-order valence-corrected chi connectivity index (χ0v) is 16.0. The first kappa shape index (κ1) is 18.8. The van der Waals surface area contributed by atoms with Crippen molar-refractivity contribution in [2.75, 3.05) is 13.7 Å². The number of carbonyl (C=O) groups is 1. The van der Waals surface area contributed by atoms with Gasteiger partial charge in [0.2, 0.25) is 0 Å². The van der Waals surface area contributed by atoms with Gasteiger partial charge in [0, 0.05) is 0 Å². The van der Waals surface area contributed by atoms with E-state index < -0.39 is 0 Å². The second kappa shape index (κ2) is 8.58. The lowest BCUT2D eigenvalue weighted by molar-refractivity contribution is -0.123. The lowest BCUT2D eigenvalue weighted by Crippen LogP contribution is -2.32. The van der Waals surface area contributed by atoms with Crippen molar-refractivity contribution in [1.82, 2.24) is 5.32 Å². The number of methoxy groups -OCH3 is 1. The van der Waals surface area contributed by atoms with Crippen LogP contribution in [0.3, 0.4) is 0 Å². The van der Waals surface area contributed by atoms with Crippen LogP contribution in [0.25, 0.3) is 10.8 Å². The molecule has 0 aliphatic carbocycles. The third-order valence-corrected chi connectivity index (χ3v) is 4.66. The third kappa shape index (κ3) is 4.59. The molecule has 0 heterocycles. The SMILES string of the molecule is CC[C@@H](NC(=O)COc1ccc2ccccc2c1)c1ccc(OC)c(C)c1. The van der Waals surface area contributed by atoms with Crippen LogP contribution in [0.15, 0.2) is 60.7 Å². The predicted molar refractivity (Wildman–Crippen MR) is 108 cm³/mol. The third-order valence-electron chi connectivity index (χ3n) is 4.66. The number of ether oxygens (including phenoxy) is 2. The molecule has 0 aliphatic rings. The van der Waals surface area contributed by atoms with Crippen LogP contribution in [0.4, 0.5) is 0 Å². The van der Waals surface area contributed by atoms with E-state index in [4.69, 9.17) is 9.47 Å². The summed E-state index contributed by atoms with van der Waals surface area (Å²) in [5.41, 5.74) is 2.12. The molecule has 1 amide bonds. The van der Waals surface area contributed by atoms with Gasteiger partial charge in [-0.25, -0.2) is 0 Å². The Balaban J connectivity index is 1.62. The molecule has 140 valence electrons. The molecule has 0 aliphatic heterocycles. The summed E-state index contributed by atoms with van der Waals surface area (Å²) in [5, 5.41) is 5.29. The zero-order valence-electron chi connectivity index (χ0n) is 16.0. The summed E-state index contributed by atoms with van der Waals surface area (Å²) >= 11 is 0. The highest BCUT2D eigenvalue weighted by molar-refractivity contribution is 5.84. The first-order valence-electron chi connectivity index (χ1n) is 9.16. The summed E-state index contributed by atoms with van der Waals surface area (Å²) < 4.78 is 11.0.